The summed E-state index contributed by atoms with van der Waals surface area (Å²) in [5, 5.41) is 0. The summed E-state index contributed by atoms with van der Waals surface area (Å²) >= 11 is 3.65. The van der Waals surface area contributed by atoms with Gasteiger partial charge in [0, 0.05) is 21.8 Å². The Morgan fingerprint density at radius 3 is 2.14 bits per heavy atom. The molecule has 1 nitrogen and oxygen atoms in total. The lowest BCUT2D eigenvalue weighted by molar-refractivity contribution is 0.166. The van der Waals surface area contributed by atoms with Gasteiger partial charge in [-0.05, 0) is 90.7 Å². The number of halogens is 1. The summed E-state index contributed by atoms with van der Waals surface area (Å²) in [5.41, 5.74) is 8.01. The minimum absolute atomic E-state index is 0.783. The van der Waals surface area contributed by atoms with Crippen LogP contribution in [0.25, 0.3) is 22.4 Å². The predicted molar refractivity (Wildman–Crippen MR) is 118 cm³/mol. The highest BCUT2D eigenvalue weighted by Gasteiger charge is 2.41. The predicted octanol–water partition coefficient (Wildman–Crippen LogP) is 7.57. The van der Waals surface area contributed by atoms with Crippen LogP contribution in [0.15, 0.2) is 65.3 Å². The molecule has 2 saturated carbocycles. The van der Waals surface area contributed by atoms with E-state index >= 15 is 0 Å². The minimum Gasteiger partial charge on any atom is -0.256 e. The van der Waals surface area contributed by atoms with E-state index in [0.29, 0.717) is 0 Å². The number of aromatic nitrogens is 1. The lowest BCUT2D eigenvalue weighted by Crippen LogP contribution is -2.25. The molecule has 0 saturated heterocycles. The van der Waals surface area contributed by atoms with Crippen molar-refractivity contribution in [3.63, 3.8) is 0 Å². The highest BCUT2D eigenvalue weighted by atomic mass is 79.9. The van der Waals surface area contributed by atoms with Gasteiger partial charge in [0.1, 0.15) is 0 Å². The van der Waals surface area contributed by atoms with Crippen LogP contribution in [0.3, 0.4) is 0 Å². The van der Waals surface area contributed by atoms with Gasteiger partial charge >= 0.3 is 0 Å². The number of hydrogen-bond acceptors (Lipinski definition) is 1. The lowest BCUT2D eigenvalue weighted by Gasteiger charge is -2.38. The van der Waals surface area contributed by atoms with Crippen LogP contribution in [0.4, 0.5) is 0 Å². The molecule has 1 heterocycles. The van der Waals surface area contributed by atoms with E-state index in [4.69, 9.17) is 4.98 Å². The average molecular weight is 430 g/mol. The largest absolute Gasteiger partial charge is 0.256 e. The van der Waals surface area contributed by atoms with Crippen molar-refractivity contribution in [1.29, 1.82) is 0 Å². The van der Waals surface area contributed by atoms with Gasteiger partial charge in [-0.1, -0.05) is 52.3 Å². The van der Waals surface area contributed by atoms with Crippen LogP contribution in [-0.2, 0) is 0 Å². The van der Waals surface area contributed by atoms with E-state index < -0.39 is 0 Å². The number of hydrogen-bond donors (Lipinski definition) is 0. The van der Waals surface area contributed by atoms with Crippen molar-refractivity contribution in [3.05, 3.63) is 76.4 Å². The molecule has 28 heavy (non-hydrogen) atoms. The van der Waals surface area contributed by atoms with Crippen LogP contribution in [0.1, 0.15) is 55.1 Å². The smallest absolute Gasteiger partial charge is 0.0702 e. The van der Waals surface area contributed by atoms with Crippen LogP contribution in [0.5, 0.6) is 0 Å². The third-order valence-corrected chi connectivity index (χ3v) is 8.04. The van der Waals surface area contributed by atoms with Gasteiger partial charge in [0.2, 0.25) is 0 Å². The van der Waals surface area contributed by atoms with E-state index in [1.54, 1.807) is 11.1 Å². The molecule has 2 atom stereocenters. The normalized spacial score (nSPS) is 27.5. The van der Waals surface area contributed by atoms with Crippen LogP contribution in [-0.4, -0.2) is 4.98 Å². The number of nitrogens with zero attached hydrogens (tertiary/aromatic N) is 1. The molecule has 3 aromatic rings. The molecule has 0 amide bonds. The maximum atomic E-state index is 4.83. The fourth-order valence-corrected chi connectivity index (χ4v) is 6.75. The molecule has 4 aliphatic rings. The van der Waals surface area contributed by atoms with Gasteiger partial charge in [0.05, 0.1) is 5.69 Å². The van der Waals surface area contributed by atoms with E-state index in [2.05, 4.69) is 64.5 Å². The molecule has 140 valence electrons. The molecule has 2 heteroatoms. The molecule has 0 spiro atoms. The van der Waals surface area contributed by atoms with Crippen molar-refractivity contribution in [2.75, 3.05) is 0 Å². The van der Waals surface area contributed by atoms with Gasteiger partial charge in [0.15, 0.2) is 0 Å². The standard InChI is InChI=1S/C26H24BrN/c27-25-4-2-1-3-23(25)19-6-8-26(28-15-19)18-5-7-22-20-10-16-9-17(11-20)13-21(12-16)24(22)14-18/h1-8,14-17,20-21H,9-13H2. The van der Waals surface area contributed by atoms with Gasteiger partial charge in [0.25, 0.3) is 0 Å². The molecule has 4 aliphatic carbocycles. The second-order valence-corrected chi connectivity index (χ2v) is 9.91. The maximum Gasteiger partial charge on any atom is 0.0702 e. The zero-order valence-electron chi connectivity index (χ0n) is 15.9. The molecule has 0 aliphatic heterocycles. The van der Waals surface area contributed by atoms with Gasteiger partial charge < -0.3 is 0 Å². The monoisotopic (exact) mass is 429 g/mol. The quantitative estimate of drug-likeness (QED) is 0.409. The lowest BCUT2D eigenvalue weighted by atomic mass is 9.67. The van der Waals surface area contributed by atoms with Crippen LogP contribution < -0.4 is 0 Å². The first kappa shape index (κ1) is 17.0. The van der Waals surface area contributed by atoms with E-state index in [1.165, 1.54) is 43.2 Å². The average Bonchev–Trinajstić information content (AvgIpc) is 2.89. The molecule has 0 radical (unpaired) electrons. The third kappa shape index (κ3) is 2.76. The molecule has 2 fully saturated rings. The van der Waals surface area contributed by atoms with Crippen molar-refractivity contribution in [1.82, 2.24) is 4.98 Å². The summed E-state index contributed by atoms with van der Waals surface area (Å²) in [7, 11) is 0. The van der Waals surface area contributed by atoms with Gasteiger partial charge in [-0.25, -0.2) is 0 Å². The third-order valence-electron chi connectivity index (χ3n) is 7.35. The van der Waals surface area contributed by atoms with Crippen molar-refractivity contribution in [3.8, 4) is 22.4 Å². The molecule has 2 aromatic carbocycles. The van der Waals surface area contributed by atoms with Crippen molar-refractivity contribution in [2.45, 2.75) is 43.9 Å². The summed E-state index contributed by atoms with van der Waals surface area (Å²) < 4.78 is 1.11. The summed E-state index contributed by atoms with van der Waals surface area (Å²) in [6.45, 7) is 0. The zero-order chi connectivity index (χ0) is 18.7. The first-order valence-electron chi connectivity index (χ1n) is 10.6. The minimum atomic E-state index is 0.783. The van der Waals surface area contributed by atoms with E-state index in [9.17, 15) is 0 Å². The molecule has 1 aromatic heterocycles. The first-order chi connectivity index (χ1) is 13.7. The Bertz CT molecular complexity index is 1020. The molecule has 4 bridgehead atoms. The van der Waals surface area contributed by atoms with Gasteiger partial charge in [-0.15, -0.1) is 0 Å². The molecule has 0 N–H and O–H groups in total. The number of pyridine rings is 1. The summed E-state index contributed by atoms with van der Waals surface area (Å²) in [6.07, 6.45) is 9.19. The molecule has 2 unspecified atom stereocenters. The second kappa shape index (κ2) is 6.56. The SMILES string of the molecule is Brc1ccccc1-c1ccc(-c2ccc3c(c2)C2CC4CC(CC3C4)C2)nc1. The van der Waals surface area contributed by atoms with Gasteiger partial charge in [-0.2, -0.15) is 0 Å². The Hall–Kier alpha value is -1.93. The Morgan fingerprint density at radius 1 is 0.714 bits per heavy atom. The Kier molecular flexibility index (Phi) is 3.97. The zero-order valence-corrected chi connectivity index (χ0v) is 17.5. The Balaban J connectivity index is 1.37. The Labute approximate surface area is 175 Å². The first-order valence-corrected chi connectivity index (χ1v) is 11.4. The van der Waals surface area contributed by atoms with Gasteiger partial charge in [-0.3, -0.25) is 4.98 Å². The summed E-state index contributed by atoms with van der Waals surface area (Å²) in [6, 6.07) is 19.9. The highest BCUT2D eigenvalue weighted by molar-refractivity contribution is 9.10. The van der Waals surface area contributed by atoms with E-state index in [1.807, 2.05) is 12.3 Å². The summed E-state index contributed by atoms with van der Waals surface area (Å²) in [5.74, 6) is 3.54. The van der Waals surface area contributed by atoms with E-state index in [0.717, 1.165) is 39.4 Å². The summed E-state index contributed by atoms with van der Waals surface area (Å²) in [4.78, 5) is 4.83. The van der Waals surface area contributed by atoms with Crippen LogP contribution >= 0.6 is 15.9 Å². The number of benzene rings is 2. The van der Waals surface area contributed by atoms with E-state index in [-0.39, 0.29) is 0 Å². The number of rotatable bonds is 2. The topological polar surface area (TPSA) is 12.9 Å². The van der Waals surface area contributed by atoms with Crippen molar-refractivity contribution >= 4 is 15.9 Å². The molecule has 7 rings (SSSR count). The second-order valence-electron chi connectivity index (χ2n) is 9.06. The molecular formula is C26H24BrN. The highest BCUT2D eigenvalue weighted by Crippen LogP contribution is 2.56. The fraction of sp³-hybridized carbons (Fsp3) is 0.346. The van der Waals surface area contributed by atoms with Crippen LogP contribution in [0, 0.1) is 11.8 Å². The Morgan fingerprint density at radius 2 is 1.43 bits per heavy atom. The fourth-order valence-electron chi connectivity index (χ4n) is 6.24. The van der Waals surface area contributed by atoms with Crippen LogP contribution in [0.2, 0.25) is 0 Å². The van der Waals surface area contributed by atoms with Crippen molar-refractivity contribution in [2.24, 2.45) is 11.8 Å². The maximum absolute atomic E-state index is 4.83. The van der Waals surface area contributed by atoms with Crippen molar-refractivity contribution < 1.29 is 0 Å². The molecular weight excluding hydrogens is 406 g/mol.